The molecule has 0 aromatic carbocycles. The Hall–Kier alpha value is -1.89. The number of hydrogen-bond donors (Lipinski definition) is 4. The molecule has 0 aliphatic rings. The van der Waals surface area contributed by atoms with Gasteiger partial charge in [0.1, 0.15) is 0 Å². The fourth-order valence-electron chi connectivity index (χ4n) is 0.524. The molecule has 0 heterocycles. The molecular formula is C6H6O7. The molecule has 0 fully saturated rings. The van der Waals surface area contributed by atoms with E-state index in [2.05, 4.69) is 0 Å². The lowest BCUT2D eigenvalue weighted by Gasteiger charge is -2.04. The zero-order valence-corrected chi connectivity index (χ0v) is 6.17. The molecule has 0 aliphatic heterocycles. The number of carbonyl (C=O) groups is 3. The smallest absolute Gasteiger partial charge is 0.337 e. The van der Waals surface area contributed by atoms with Crippen molar-refractivity contribution in [2.24, 2.45) is 0 Å². The van der Waals surface area contributed by atoms with Crippen molar-refractivity contribution < 1.29 is 34.8 Å². The summed E-state index contributed by atoms with van der Waals surface area (Å²) >= 11 is 0. The van der Waals surface area contributed by atoms with Crippen LogP contribution >= 0.6 is 0 Å². The summed E-state index contributed by atoms with van der Waals surface area (Å²) in [6.45, 7) is 0. The molecule has 0 radical (unpaired) electrons. The standard InChI is InChI=1S/C6H6O7/c7-3(8)1-2(5(10)11)4(9)6(12)13/h1,4,9H,(H,7,8)(H,10,11)(H,12,13)/b2-1-/t4-/m0/s1. The van der Waals surface area contributed by atoms with Crippen LogP contribution in [0.3, 0.4) is 0 Å². The summed E-state index contributed by atoms with van der Waals surface area (Å²) in [5.74, 6) is -5.26. The molecule has 1 atom stereocenters. The van der Waals surface area contributed by atoms with Crippen LogP contribution in [0.5, 0.6) is 0 Å². The summed E-state index contributed by atoms with van der Waals surface area (Å²) in [4.78, 5) is 30.3. The Kier molecular flexibility index (Phi) is 3.60. The van der Waals surface area contributed by atoms with Crippen LogP contribution in [0.15, 0.2) is 11.6 Å². The normalized spacial score (nSPS) is 13.5. The van der Waals surface area contributed by atoms with Gasteiger partial charge in [0, 0.05) is 6.08 Å². The highest BCUT2D eigenvalue weighted by molar-refractivity contribution is 6.00. The van der Waals surface area contributed by atoms with E-state index in [1.54, 1.807) is 0 Å². The first-order valence-corrected chi connectivity index (χ1v) is 2.95. The van der Waals surface area contributed by atoms with E-state index in [1.807, 2.05) is 0 Å². The lowest BCUT2D eigenvalue weighted by molar-refractivity contribution is -0.148. The molecule has 0 unspecified atom stereocenters. The van der Waals surface area contributed by atoms with Gasteiger partial charge < -0.3 is 20.4 Å². The van der Waals surface area contributed by atoms with Crippen molar-refractivity contribution in [2.75, 3.05) is 0 Å². The third-order valence-electron chi connectivity index (χ3n) is 1.05. The summed E-state index contributed by atoms with van der Waals surface area (Å²) < 4.78 is 0. The molecule has 0 saturated carbocycles. The van der Waals surface area contributed by atoms with Gasteiger partial charge in [-0.25, -0.2) is 14.4 Å². The highest BCUT2D eigenvalue weighted by Crippen LogP contribution is 2.02. The van der Waals surface area contributed by atoms with Gasteiger partial charge in [-0.2, -0.15) is 0 Å². The van der Waals surface area contributed by atoms with E-state index in [0.29, 0.717) is 0 Å². The topological polar surface area (TPSA) is 132 Å². The fourth-order valence-corrected chi connectivity index (χ4v) is 0.524. The number of rotatable bonds is 4. The largest absolute Gasteiger partial charge is 0.479 e. The van der Waals surface area contributed by atoms with Crippen LogP contribution < -0.4 is 0 Å². The van der Waals surface area contributed by atoms with Crippen LogP contribution in [0.1, 0.15) is 0 Å². The zero-order chi connectivity index (χ0) is 10.6. The molecule has 0 aliphatic carbocycles. The molecule has 13 heavy (non-hydrogen) atoms. The second-order valence-electron chi connectivity index (χ2n) is 1.98. The van der Waals surface area contributed by atoms with Crippen molar-refractivity contribution >= 4 is 17.9 Å². The Morgan fingerprint density at radius 2 is 1.54 bits per heavy atom. The van der Waals surface area contributed by atoms with E-state index in [9.17, 15) is 14.4 Å². The second kappa shape index (κ2) is 4.21. The Morgan fingerprint density at radius 1 is 1.08 bits per heavy atom. The summed E-state index contributed by atoms with van der Waals surface area (Å²) in [5.41, 5.74) is -1.10. The quantitative estimate of drug-likeness (QED) is 0.397. The SMILES string of the molecule is O=C(O)/C=C(\C(=O)O)[C@H](O)C(=O)O. The first kappa shape index (κ1) is 11.1. The van der Waals surface area contributed by atoms with E-state index >= 15 is 0 Å². The van der Waals surface area contributed by atoms with E-state index < -0.39 is 29.6 Å². The van der Waals surface area contributed by atoms with Crippen molar-refractivity contribution in [2.45, 2.75) is 6.10 Å². The molecule has 72 valence electrons. The van der Waals surface area contributed by atoms with Crippen LogP contribution in [0.25, 0.3) is 0 Å². The average molecular weight is 190 g/mol. The van der Waals surface area contributed by atoms with Gasteiger partial charge in [-0.3, -0.25) is 0 Å². The van der Waals surface area contributed by atoms with Crippen molar-refractivity contribution in [3.05, 3.63) is 11.6 Å². The molecular weight excluding hydrogens is 184 g/mol. The van der Waals surface area contributed by atoms with E-state index in [1.165, 1.54) is 0 Å². The molecule has 7 nitrogen and oxygen atoms in total. The van der Waals surface area contributed by atoms with Gasteiger partial charge in [0.05, 0.1) is 5.57 Å². The van der Waals surface area contributed by atoms with Crippen LogP contribution in [0, 0.1) is 0 Å². The highest BCUT2D eigenvalue weighted by atomic mass is 16.4. The van der Waals surface area contributed by atoms with Gasteiger partial charge in [-0.1, -0.05) is 0 Å². The summed E-state index contributed by atoms with van der Waals surface area (Å²) in [6.07, 6.45) is -2.21. The molecule has 4 N–H and O–H groups in total. The second-order valence-corrected chi connectivity index (χ2v) is 1.98. The lowest BCUT2D eigenvalue weighted by atomic mass is 10.1. The number of aliphatic hydroxyl groups is 1. The average Bonchev–Trinajstić information content (AvgIpc) is 1.97. The van der Waals surface area contributed by atoms with Gasteiger partial charge in [-0.15, -0.1) is 0 Å². The molecule has 0 aromatic rings. The molecule has 0 saturated heterocycles. The number of carboxylic acids is 3. The Labute approximate surface area is 71.5 Å². The minimum atomic E-state index is -2.34. The van der Waals surface area contributed by atoms with Gasteiger partial charge in [0.2, 0.25) is 0 Å². The van der Waals surface area contributed by atoms with Gasteiger partial charge in [-0.05, 0) is 0 Å². The number of carboxylic acid groups (broad SMARTS) is 3. The van der Waals surface area contributed by atoms with E-state index in [-0.39, 0.29) is 6.08 Å². The molecule has 0 amide bonds. The van der Waals surface area contributed by atoms with E-state index in [0.717, 1.165) is 0 Å². The molecule has 0 aromatic heterocycles. The summed E-state index contributed by atoms with van der Waals surface area (Å²) in [7, 11) is 0. The van der Waals surface area contributed by atoms with E-state index in [4.69, 9.17) is 20.4 Å². The van der Waals surface area contributed by atoms with Crippen molar-refractivity contribution in [1.29, 1.82) is 0 Å². The van der Waals surface area contributed by atoms with Crippen LogP contribution in [0.2, 0.25) is 0 Å². The van der Waals surface area contributed by atoms with Gasteiger partial charge in [0.25, 0.3) is 0 Å². The third-order valence-corrected chi connectivity index (χ3v) is 1.05. The Morgan fingerprint density at radius 3 is 1.77 bits per heavy atom. The molecule has 7 heteroatoms. The monoisotopic (exact) mass is 190 g/mol. The minimum Gasteiger partial charge on any atom is -0.479 e. The number of aliphatic carboxylic acids is 3. The zero-order valence-electron chi connectivity index (χ0n) is 6.17. The highest BCUT2D eigenvalue weighted by Gasteiger charge is 2.25. The summed E-state index contributed by atoms with van der Waals surface area (Å²) in [5, 5.41) is 33.3. The number of hydrogen-bond acceptors (Lipinski definition) is 4. The van der Waals surface area contributed by atoms with Crippen LogP contribution in [0.4, 0.5) is 0 Å². The predicted octanol–water partition coefficient (Wildman–Crippen LogP) is -1.47. The maximum atomic E-state index is 10.2. The fraction of sp³-hybridized carbons (Fsp3) is 0.167. The van der Waals surface area contributed by atoms with Gasteiger partial charge in [0.15, 0.2) is 6.10 Å². The summed E-state index contributed by atoms with van der Waals surface area (Å²) in [6, 6.07) is 0. The maximum Gasteiger partial charge on any atom is 0.337 e. The van der Waals surface area contributed by atoms with Crippen molar-refractivity contribution in [3.8, 4) is 0 Å². The van der Waals surface area contributed by atoms with Crippen LogP contribution in [-0.4, -0.2) is 44.4 Å². The van der Waals surface area contributed by atoms with Crippen molar-refractivity contribution in [1.82, 2.24) is 0 Å². The first-order chi connectivity index (χ1) is 5.86. The molecule has 0 spiro atoms. The first-order valence-electron chi connectivity index (χ1n) is 2.95. The molecule has 0 rings (SSSR count). The third kappa shape index (κ3) is 3.34. The van der Waals surface area contributed by atoms with Crippen molar-refractivity contribution in [3.63, 3.8) is 0 Å². The maximum absolute atomic E-state index is 10.2. The minimum absolute atomic E-state index is 0.126. The predicted molar refractivity (Wildman–Crippen MR) is 37.0 cm³/mol. The lowest BCUT2D eigenvalue weighted by Crippen LogP contribution is -2.27. The Balaban J connectivity index is 4.93. The Bertz CT molecular complexity index is 277. The van der Waals surface area contributed by atoms with Gasteiger partial charge >= 0.3 is 17.9 Å². The molecule has 0 bridgehead atoms. The number of aliphatic hydroxyl groups excluding tert-OH is 1. The van der Waals surface area contributed by atoms with Crippen LogP contribution in [-0.2, 0) is 14.4 Å².